The Hall–Kier alpha value is -4.28. The number of ether oxygens (including phenoxy) is 4. The molecule has 0 radical (unpaired) electrons. The van der Waals surface area contributed by atoms with Crippen molar-refractivity contribution < 1.29 is 46.5 Å². The van der Waals surface area contributed by atoms with Gasteiger partial charge in [-0.15, -0.1) is 6.42 Å². The number of hydrogen-bond acceptors (Lipinski definition) is 9. The summed E-state index contributed by atoms with van der Waals surface area (Å²) in [6.07, 6.45) is -1.42. The van der Waals surface area contributed by atoms with Gasteiger partial charge in [0.15, 0.2) is 23.8 Å². The lowest BCUT2D eigenvalue weighted by Gasteiger charge is -2.33. The van der Waals surface area contributed by atoms with Crippen LogP contribution in [0.2, 0.25) is 0 Å². The zero-order valence-electron chi connectivity index (χ0n) is 23.9. The highest BCUT2D eigenvalue weighted by atomic mass is 19.4. The molecule has 0 N–H and O–H groups in total. The van der Waals surface area contributed by atoms with Crippen LogP contribution in [0, 0.1) is 17.8 Å². The Labute approximate surface area is 245 Å². The fraction of sp³-hybridized carbons (Fsp3) is 0.433. The Morgan fingerprint density at radius 3 is 2.42 bits per heavy atom. The van der Waals surface area contributed by atoms with E-state index in [1.54, 1.807) is 44.2 Å². The Morgan fingerprint density at radius 1 is 1.14 bits per heavy atom. The number of pyridine rings is 1. The van der Waals surface area contributed by atoms with Crippen LogP contribution in [-0.2, 0) is 45.9 Å². The van der Waals surface area contributed by atoms with Gasteiger partial charge in [0.2, 0.25) is 5.60 Å². The lowest BCUT2D eigenvalue weighted by molar-refractivity contribution is -0.182. The first-order valence-corrected chi connectivity index (χ1v) is 13.3. The van der Waals surface area contributed by atoms with E-state index in [0.29, 0.717) is 5.56 Å². The van der Waals surface area contributed by atoms with Gasteiger partial charge >= 0.3 is 18.1 Å². The second kappa shape index (κ2) is 12.1. The number of carbonyl (C=O) groups excluding carboxylic acids is 3. The molecule has 1 aromatic carbocycles. The number of esters is 2. The van der Waals surface area contributed by atoms with E-state index in [1.165, 1.54) is 17.8 Å². The van der Waals surface area contributed by atoms with Crippen LogP contribution in [0.1, 0.15) is 45.2 Å². The fourth-order valence-electron chi connectivity index (χ4n) is 4.97. The van der Waals surface area contributed by atoms with Crippen molar-refractivity contribution >= 4 is 28.9 Å². The molecule has 3 aromatic rings. The molecule has 0 spiro atoms. The molecule has 0 amide bonds. The van der Waals surface area contributed by atoms with Crippen LogP contribution in [0.4, 0.5) is 13.2 Å². The normalized spacial score (nSPS) is 23.3. The van der Waals surface area contributed by atoms with E-state index in [9.17, 15) is 27.6 Å². The van der Waals surface area contributed by atoms with Crippen LogP contribution in [-0.4, -0.2) is 63.3 Å². The monoisotopic (exact) mass is 601 g/mol. The largest absolute Gasteiger partial charge is 0.463 e. The standard InChI is InChI=1S/C30H30F3N3O7/c1-6-28(5)23(16-41-29(18(3)37,27(39)40-7-2)15-20-11-9-8-10-12-20)43-26(24(28)42-19(4)38)36-17-34-21-13-14-22(30(31,32)33)35-25(21)36/h1,8-14,17,23-24,26H,7,15-16H2,2-5H3/t23-,24+,26-,28+,29?/m1/s1. The number of terminal acetylenes is 1. The second-order valence-electron chi connectivity index (χ2n) is 10.2. The number of aromatic nitrogens is 3. The van der Waals surface area contributed by atoms with Crippen molar-refractivity contribution in [2.75, 3.05) is 13.2 Å². The summed E-state index contributed by atoms with van der Waals surface area (Å²) in [5, 5.41) is 0. The van der Waals surface area contributed by atoms with Gasteiger partial charge in [-0.3, -0.25) is 14.2 Å². The van der Waals surface area contributed by atoms with Crippen molar-refractivity contribution in [3.8, 4) is 12.3 Å². The van der Waals surface area contributed by atoms with Crippen LogP contribution in [0.5, 0.6) is 0 Å². The zero-order chi connectivity index (χ0) is 31.6. The Bertz CT molecular complexity index is 1550. The Kier molecular flexibility index (Phi) is 8.94. The van der Waals surface area contributed by atoms with E-state index >= 15 is 0 Å². The van der Waals surface area contributed by atoms with Gasteiger partial charge in [-0.25, -0.2) is 14.8 Å². The van der Waals surface area contributed by atoms with Crippen LogP contribution in [0.3, 0.4) is 0 Å². The van der Waals surface area contributed by atoms with E-state index in [4.69, 9.17) is 25.4 Å². The van der Waals surface area contributed by atoms with Gasteiger partial charge in [-0.05, 0) is 38.5 Å². The smallest absolute Gasteiger partial charge is 0.433 e. The van der Waals surface area contributed by atoms with Crippen molar-refractivity contribution in [3.05, 3.63) is 60.0 Å². The molecule has 1 saturated heterocycles. The van der Waals surface area contributed by atoms with Crippen molar-refractivity contribution in [2.45, 2.75) is 64.3 Å². The van der Waals surface area contributed by atoms with E-state index in [1.807, 2.05) is 0 Å². The summed E-state index contributed by atoms with van der Waals surface area (Å²) in [6.45, 7) is 4.99. The molecule has 43 heavy (non-hydrogen) atoms. The van der Waals surface area contributed by atoms with E-state index in [0.717, 1.165) is 19.1 Å². The predicted molar refractivity (Wildman–Crippen MR) is 145 cm³/mol. The number of Topliss-reactive ketones (excluding diaryl/α,β-unsaturated/α-hetero) is 1. The highest BCUT2D eigenvalue weighted by Gasteiger charge is 2.58. The molecule has 3 heterocycles. The molecule has 1 unspecified atom stereocenters. The van der Waals surface area contributed by atoms with Gasteiger partial charge in [0.05, 0.1) is 25.0 Å². The van der Waals surface area contributed by atoms with E-state index < -0.39 is 65.7 Å². The van der Waals surface area contributed by atoms with Crippen LogP contribution in [0.15, 0.2) is 48.8 Å². The summed E-state index contributed by atoms with van der Waals surface area (Å²) in [5.74, 6) is 0.297. The minimum Gasteiger partial charge on any atom is -0.463 e. The minimum absolute atomic E-state index is 0.0226. The number of halogens is 3. The number of nitrogens with zero attached hydrogens (tertiary/aromatic N) is 3. The number of alkyl halides is 3. The average Bonchev–Trinajstić information content (AvgIpc) is 3.49. The first-order valence-electron chi connectivity index (χ1n) is 13.3. The number of benzene rings is 1. The Morgan fingerprint density at radius 2 is 1.84 bits per heavy atom. The molecule has 1 aliphatic rings. The number of hydrogen-bond donors (Lipinski definition) is 0. The van der Waals surface area contributed by atoms with Crippen LogP contribution >= 0.6 is 0 Å². The summed E-state index contributed by atoms with van der Waals surface area (Å²) < 4.78 is 64.7. The maximum absolute atomic E-state index is 13.5. The van der Waals surface area contributed by atoms with Crippen LogP contribution in [0.25, 0.3) is 11.2 Å². The molecule has 4 rings (SSSR count). The number of ketones is 1. The maximum atomic E-state index is 13.5. The van der Waals surface area contributed by atoms with Crippen LogP contribution < -0.4 is 0 Å². The molecular weight excluding hydrogens is 571 g/mol. The van der Waals surface area contributed by atoms with Gasteiger partial charge in [0, 0.05) is 13.3 Å². The molecule has 0 aliphatic carbocycles. The summed E-state index contributed by atoms with van der Waals surface area (Å²) in [6, 6.07) is 10.6. The van der Waals surface area contributed by atoms with Gasteiger partial charge in [-0.1, -0.05) is 36.3 Å². The zero-order valence-corrected chi connectivity index (χ0v) is 23.9. The second-order valence-corrected chi connectivity index (χ2v) is 10.2. The molecular formula is C30H30F3N3O7. The van der Waals surface area contributed by atoms with Gasteiger partial charge in [0.1, 0.15) is 17.3 Å². The third kappa shape index (κ3) is 6.11. The minimum atomic E-state index is -4.74. The summed E-state index contributed by atoms with van der Waals surface area (Å²) >= 11 is 0. The number of rotatable bonds is 10. The third-order valence-electron chi connectivity index (χ3n) is 7.36. The van der Waals surface area contributed by atoms with E-state index in [-0.39, 0.29) is 24.2 Å². The number of imidazole rings is 1. The molecule has 10 nitrogen and oxygen atoms in total. The topological polar surface area (TPSA) is 119 Å². The number of carbonyl (C=O) groups is 3. The van der Waals surface area contributed by atoms with Gasteiger partial charge in [0.25, 0.3) is 0 Å². The van der Waals surface area contributed by atoms with Crippen molar-refractivity contribution in [3.63, 3.8) is 0 Å². The SMILES string of the molecule is C#C[C@@]1(C)[C@@H](COC(Cc2ccccc2)(C(C)=O)C(=O)OCC)O[C@@H](n2cnc3ccc(C(F)(F)F)nc32)[C@@H]1OC(C)=O. The fourth-order valence-corrected chi connectivity index (χ4v) is 4.97. The molecule has 5 atom stereocenters. The molecule has 228 valence electrons. The average molecular weight is 602 g/mol. The van der Waals surface area contributed by atoms with E-state index in [2.05, 4.69) is 15.9 Å². The molecule has 0 bridgehead atoms. The van der Waals surface area contributed by atoms with Crippen molar-refractivity contribution in [1.82, 2.24) is 14.5 Å². The van der Waals surface area contributed by atoms with Gasteiger partial charge < -0.3 is 18.9 Å². The van der Waals surface area contributed by atoms with Crippen molar-refractivity contribution in [2.24, 2.45) is 5.41 Å². The quantitative estimate of drug-likeness (QED) is 0.193. The highest BCUT2D eigenvalue weighted by molar-refractivity contribution is 6.06. The lowest BCUT2D eigenvalue weighted by atomic mass is 9.81. The maximum Gasteiger partial charge on any atom is 0.433 e. The molecule has 2 aromatic heterocycles. The highest BCUT2D eigenvalue weighted by Crippen LogP contribution is 2.46. The number of fused-ring (bicyclic) bond motifs is 1. The lowest BCUT2D eigenvalue weighted by Crippen LogP contribution is -2.53. The molecule has 1 aliphatic heterocycles. The summed E-state index contributed by atoms with van der Waals surface area (Å²) in [7, 11) is 0. The summed E-state index contributed by atoms with van der Waals surface area (Å²) in [4.78, 5) is 46.3. The first kappa shape index (κ1) is 31.7. The Balaban J connectivity index is 1.75. The predicted octanol–water partition coefficient (Wildman–Crippen LogP) is 4.07. The first-order chi connectivity index (χ1) is 20.3. The van der Waals surface area contributed by atoms with Gasteiger partial charge in [-0.2, -0.15) is 13.2 Å². The molecule has 13 heteroatoms. The van der Waals surface area contributed by atoms with Crippen molar-refractivity contribution in [1.29, 1.82) is 0 Å². The summed E-state index contributed by atoms with van der Waals surface area (Å²) in [5.41, 5.74) is -4.13. The molecule has 0 saturated carbocycles. The third-order valence-corrected chi connectivity index (χ3v) is 7.36. The molecule has 1 fully saturated rings.